The van der Waals surface area contributed by atoms with Gasteiger partial charge in [-0.1, -0.05) is 13.8 Å². The van der Waals surface area contributed by atoms with Crippen molar-refractivity contribution in [1.29, 1.82) is 0 Å². The molecule has 1 aliphatic carbocycles. The van der Waals surface area contributed by atoms with Crippen LogP contribution < -0.4 is 5.73 Å². The van der Waals surface area contributed by atoms with Gasteiger partial charge in [-0.2, -0.15) is 0 Å². The zero-order valence-electron chi connectivity index (χ0n) is 13.4. The van der Waals surface area contributed by atoms with Gasteiger partial charge in [-0.05, 0) is 64.1 Å². The Bertz CT molecular complexity index is 407. The van der Waals surface area contributed by atoms with E-state index in [4.69, 9.17) is 5.73 Å². The van der Waals surface area contributed by atoms with Crippen LogP contribution >= 0.6 is 11.3 Å². The highest BCUT2D eigenvalue weighted by Crippen LogP contribution is 2.35. The summed E-state index contributed by atoms with van der Waals surface area (Å²) in [6, 6.07) is 5.83. The Morgan fingerprint density at radius 1 is 1.30 bits per heavy atom. The maximum Gasteiger partial charge on any atom is 0.0593 e. The van der Waals surface area contributed by atoms with E-state index in [9.17, 15) is 0 Å². The van der Waals surface area contributed by atoms with Crippen molar-refractivity contribution in [3.63, 3.8) is 0 Å². The molecule has 1 heterocycles. The highest BCUT2D eigenvalue weighted by Gasteiger charge is 2.31. The monoisotopic (exact) mass is 294 g/mol. The van der Waals surface area contributed by atoms with Gasteiger partial charge in [-0.15, -0.1) is 11.3 Å². The number of aryl methyl sites for hydroxylation is 1. The summed E-state index contributed by atoms with van der Waals surface area (Å²) >= 11 is 1.91. The molecule has 2 atom stereocenters. The summed E-state index contributed by atoms with van der Waals surface area (Å²) < 4.78 is 0. The smallest absolute Gasteiger partial charge is 0.0593 e. The summed E-state index contributed by atoms with van der Waals surface area (Å²) in [5.74, 6) is 0.905. The van der Waals surface area contributed by atoms with Crippen molar-refractivity contribution in [3.8, 4) is 0 Å². The Morgan fingerprint density at radius 2 is 1.95 bits per heavy atom. The summed E-state index contributed by atoms with van der Waals surface area (Å²) in [6.45, 7) is 6.77. The molecule has 1 fully saturated rings. The molecule has 0 spiro atoms. The zero-order chi connectivity index (χ0) is 14.7. The summed E-state index contributed by atoms with van der Waals surface area (Å²) in [4.78, 5) is 5.41. The Labute approximate surface area is 128 Å². The maximum atomic E-state index is 6.46. The van der Waals surface area contributed by atoms with Crippen LogP contribution in [0.3, 0.4) is 0 Å². The fraction of sp³-hybridized carbons (Fsp3) is 0.765. The normalized spacial score (nSPS) is 26.7. The first kappa shape index (κ1) is 16.0. The van der Waals surface area contributed by atoms with Gasteiger partial charge in [0.1, 0.15) is 0 Å². The second-order valence-corrected chi connectivity index (χ2v) is 7.86. The number of rotatable bonds is 5. The molecule has 0 bridgehead atoms. The van der Waals surface area contributed by atoms with Crippen molar-refractivity contribution in [3.05, 3.63) is 21.9 Å². The van der Waals surface area contributed by atoms with Crippen molar-refractivity contribution in [2.75, 3.05) is 7.05 Å². The molecule has 1 aromatic rings. The van der Waals surface area contributed by atoms with Crippen LogP contribution in [-0.2, 0) is 0 Å². The average molecular weight is 295 g/mol. The predicted octanol–water partition coefficient (Wildman–Crippen LogP) is 4.35. The standard InChI is InChI=1S/C17H30N2S/c1-5-15(18)17(16-11-8-13(3)20-16)19(4)14-9-6-12(2)7-10-14/h8,11-12,14-15,17H,5-7,9-10,18H2,1-4H3. The van der Waals surface area contributed by atoms with Crippen LogP contribution in [0.1, 0.15) is 61.7 Å². The molecular weight excluding hydrogens is 264 g/mol. The van der Waals surface area contributed by atoms with Gasteiger partial charge in [-0.25, -0.2) is 0 Å². The largest absolute Gasteiger partial charge is 0.326 e. The van der Waals surface area contributed by atoms with Gasteiger partial charge >= 0.3 is 0 Å². The van der Waals surface area contributed by atoms with Gasteiger partial charge in [0, 0.05) is 21.8 Å². The lowest BCUT2D eigenvalue weighted by Gasteiger charge is -2.40. The van der Waals surface area contributed by atoms with Crippen LogP contribution in [0.5, 0.6) is 0 Å². The summed E-state index contributed by atoms with van der Waals surface area (Å²) in [7, 11) is 2.29. The van der Waals surface area contributed by atoms with Crippen molar-refractivity contribution < 1.29 is 0 Å². The highest BCUT2D eigenvalue weighted by atomic mass is 32.1. The van der Waals surface area contributed by atoms with Gasteiger partial charge in [0.25, 0.3) is 0 Å². The molecule has 1 aliphatic rings. The van der Waals surface area contributed by atoms with Gasteiger partial charge in [0.2, 0.25) is 0 Å². The van der Waals surface area contributed by atoms with Crippen LogP contribution in [0.2, 0.25) is 0 Å². The van der Waals surface area contributed by atoms with E-state index in [1.54, 1.807) is 0 Å². The van der Waals surface area contributed by atoms with E-state index in [-0.39, 0.29) is 6.04 Å². The topological polar surface area (TPSA) is 29.3 Å². The molecular formula is C17H30N2S. The van der Waals surface area contributed by atoms with Crippen LogP contribution in [0.25, 0.3) is 0 Å². The highest BCUT2D eigenvalue weighted by molar-refractivity contribution is 7.12. The Hall–Kier alpha value is -0.380. The molecule has 3 heteroatoms. The number of likely N-dealkylation sites (N-methyl/N-ethyl adjacent to an activating group) is 1. The lowest BCUT2D eigenvalue weighted by Crippen LogP contribution is -2.44. The number of hydrogen-bond donors (Lipinski definition) is 1. The molecule has 0 aromatic carbocycles. The maximum absolute atomic E-state index is 6.46. The molecule has 2 unspecified atom stereocenters. The average Bonchev–Trinajstić information content (AvgIpc) is 2.85. The molecule has 0 saturated heterocycles. The second kappa shape index (κ2) is 7.06. The SMILES string of the molecule is CCC(N)C(c1ccc(C)s1)N(C)C1CCC(C)CC1. The van der Waals surface area contributed by atoms with Crippen LogP contribution in [-0.4, -0.2) is 24.0 Å². The van der Waals surface area contributed by atoms with Crippen molar-refractivity contribution in [2.45, 2.75) is 71.0 Å². The van der Waals surface area contributed by atoms with E-state index in [0.717, 1.165) is 12.3 Å². The summed E-state index contributed by atoms with van der Waals surface area (Å²) in [5.41, 5.74) is 6.46. The minimum Gasteiger partial charge on any atom is -0.326 e. The van der Waals surface area contributed by atoms with Crippen molar-refractivity contribution in [1.82, 2.24) is 4.90 Å². The first-order valence-corrected chi connectivity index (χ1v) is 8.88. The van der Waals surface area contributed by atoms with E-state index < -0.39 is 0 Å². The molecule has 1 aromatic heterocycles. The fourth-order valence-electron chi connectivity index (χ4n) is 3.43. The first-order chi connectivity index (χ1) is 9.52. The minimum absolute atomic E-state index is 0.234. The van der Waals surface area contributed by atoms with Crippen molar-refractivity contribution in [2.24, 2.45) is 11.7 Å². The molecule has 2 N–H and O–H groups in total. The molecule has 0 radical (unpaired) electrons. The third-order valence-electron chi connectivity index (χ3n) is 4.93. The third kappa shape index (κ3) is 3.63. The minimum atomic E-state index is 0.234. The van der Waals surface area contributed by atoms with E-state index in [1.807, 2.05) is 11.3 Å². The van der Waals surface area contributed by atoms with Gasteiger partial charge < -0.3 is 5.73 Å². The predicted molar refractivity (Wildman–Crippen MR) is 89.2 cm³/mol. The Morgan fingerprint density at radius 3 is 2.45 bits per heavy atom. The second-order valence-electron chi connectivity index (χ2n) is 6.54. The van der Waals surface area contributed by atoms with E-state index in [1.165, 1.54) is 35.4 Å². The summed E-state index contributed by atoms with van der Waals surface area (Å²) in [6.07, 6.45) is 6.43. The number of nitrogens with zero attached hydrogens (tertiary/aromatic N) is 1. The Kier molecular flexibility index (Phi) is 5.65. The van der Waals surface area contributed by atoms with Crippen molar-refractivity contribution >= 4 is 11.3 Å². The van der Waals surface area contributed by atoms with Gasteiger partial charge in [0.05, 0.1) is 6.04 Å². The molecule has 0 aliphatic heterocycles. The molecule has 20 heavy (non-hydrogen) atoms. The van der Waals surface area contributed by atoms with E-state index in [2.05, 4.69) is 44.9 Å². The van der Waals surface area contributed by atoms with Gasteiger partial charge in [0.15, 0.2) is 0 Å². The Balaban J connectivity index is 2.14. The lowest BCUT2D eigenvalue weighted by molar-refractivity contribution is 0.108. The number of nitrogens with two attached hydrogens (primary N) is 1. The molecule has 2 rings (SSSR count). The van der Waals surface area contributed by atoms with E-state index >= 15 is 0 Å². The first-order valence-electron chi connectivity index (χ1n) is 8.06. The third-order valence-corrected chi connectivity index (χ3v) is 6.00. The number of hydrogen-bond acceptors (Lipinski definition) is 3. The van der Waals surface area contributed by atoms with Crippen LogP contribution in [0.4, 0.5) is 0 Å². The van der Waals surface area contributed by atoms with Crippen LogP contribution in [0.15, 0.2) is 12.1 Å². The number of thiophene rings is 1. The fourth-order valence-corrected chi connectivity index (χ4v) is 4.53. The summed E-state index contributed by atoms with van der Waals surface area (Å²) in [5, 5.41) is 0. The van der Waals surface area contributed by atoms with E-state index in [0.29, 0.717) is 12.1 Å². The molecule has 2 nitrogen and oxygen atoms in total. The molecule has 1 saturated carbocycles. The molecule has 114 valence electrons. The van der Waals surface area contributed by atoms with Gasteiger partial charge in [-0.3, -0.25) is 4.90 Å². The zero-order valence-corrected chi connectivity index (χ0v) is 14.2. The molecule has 0 amide bonds. The van der Waals surface area contributed by atoms with Crippen LogP contribution in [0, 0.1) is 12.8 Å². The lowest BCUT2D eigenvalue weighted by atomic mass is 9.85. The quantitative estimate of drug-likeness (QED) is 0.875.